The maximum Gasteiger partial charge on any atom is 0.248 e. The lowest BCUT2D eigenvalue weighted by Crippen LogP contribution is -2.13. The molecule has 0 fully saturated rings. The summed E-state index contributed by atoms with van der Waals surface area (Å²) in [7, 11) is 0. The van der Waals surface area contributed by atoms with Gasteiger partial charge in [0.25, 0.3) is 0 Å². The molecular formula is C40H32F6N6O2. The van der Waals surface area contributed by atoms with E-state index in [1.165, 1.54) is 48.5 Å². The van der Waals surface area contributed by atoms with Crippen LogP contribution in [0.2, 0.25) is 0 Å². The molecule has 0 unspecified atom stereocenters. The van der Waals surface area contributed by atoms with Gasteiger partial charge >= 0.3 is 0 Å². The van der Waals surface area contributed by atoms with E-state index in [1.54, 1.807) is 16.7 Å². The van der Waals surface area contributed by atoms with Gasteiger partial charge in [-0.05, 0) is 65.7 Å². The molecule has 0 spiro atoms. The van der Waals surface area contributed by atoms with Gasteiger partial charge < -0.3 is 19.1 Å². The van der Waals surface area contributed by atoms with Crippen molar-refractivity contribution in [3.63, 3.8) is 0 Å². The maximum atomic E-state index is 14.1. The molecule has 0 amide bonds. The van der Waals surface area contributed by atoms with Gasteiger partial charge in [-0.2, -0.15) is 0 Å². The third kappa shape index (κ3) is 6.63. The minimum atomic E-state index is -1.10. The number of hydrogen-bond donors (Lipinski definition) is 2. The predicted molar refractivity (Wildman–Crippen MR) is 195 cm³/mol. The Hall–Kier alpha value is -6.18. The average Bonchev–Trinajstić information content (AvgIpc) is 3.66. The van der Waals surface area contributed by atoms with Gasteiger partial charge in [0, 0.05) is 40.8 Å². The van der Waals surface area contributed by atoms with Crippen LogP contribution in [0, 0.1) is 34.9 Å². The molecule has 4 heterocycles. The molecule has 0 aliphatic carbocycles. The summed E-state index contributed by atoms with van der Waals surface area (Å²) in [6.07, 6.45) is 0. The van der Waals surface area contributed by atoms with Crippen molar-refractivity contribution in [1.29, 1.82) is 0 Å². The van der Waals surface area contributed by atoms with Crippen LogP contribution < -0.4 is 11.1 Å². The number of hydrogen-bond acceptors (Lipinski definition) is 4. The molecule has 276 valence electrons. The summed E-state index contributed by atoms with van der Waals surface area (Å²) < 4.78 is 86.4. The van der Waals surface area contributed by atoms with E-state index < -0.39 is 40.2 Å². The zero-order chi connectivity index (χ0) is 38.6. The van der Waals surface area contributed by atoms with Crippen molar-refractivity contribution in [1.82, 2.24) is 29.1 Å². The maximum absolute atomic E-state index is 14.1. The second-order valence-electron chi connectivity index (χ2n) is 13.6. The third-order valence-corrected chi connectivity index (χ3v) is 9.16. The highest BCUT2D eigenvalue weighted by Gasteiger charge is 2.20. The summed E-state index contributed by atoms with van der Waals surface area (Å²) in [5, 5.41) is 0.800. The Bertz CT molecular complexity index is 2870. The normalized spacial score (nSPS) is 11.8. The van der Waals surface area contributed by atoms with Crippen LogP contribution in [0.3, 0.4) is 0 Å². The van der Waals surface area contributed by atoms with E-state index in [2.05, 4.69) is 19.9 Å². The van der Waals surface area contributed by atoms with E-state index in [0.717, 1.165) is 12.1 Å². The van der Waals surface area contributed by atoms with E-state index >= 15 is 0 Å². The second-order valence-corrected chi connectivity index (χ2v) is 13.6. The molecule has 0 aliphatic rings. The van der Waals surface area contributed by atoms with Gasteiger partial charge in [-0.15, -0.1) is 0 Å². The molecule has 0 aliphatic heterocycles. The van der Waals surface area contributed by atoms with Gasteiger partial charge in [0.15, 0.2) is 23.3 Å². The minimum absolute atomic E-state index is 0.0444. The fourth-order valence-corrected chi connectivity index (χ4v) is 6.72. The number of aromatic nitrogens is 6. The molecular weight excluding hydrogens is 710 g/mol. The van der Waals surface area contributed by atoms with Crippen molar-refractivity contribution in [2.75, 3.05) is 0 Å². The second kappa shape index (κ2) is 14.0. The first-order valence-electron chi connectivity index (χ1n) is 17.0. The van der Waals surface area contributed by atoms with Crippen molar-refractivity contribution in [2.24, 2.45) is 0 Å². The quantitative estimate of drug-likeness (QED) is 0.166. The van der Waals surface area contributed by atoms with Crippen LogP contribution in [0.1, 0.15) is 62.3 Å². The Kier molecular flexibility index (Phi) is 9.38. The van der Waals surface area contributed by atoms with Gasteiger partial charge in [-0.1, -0.05) is 27.7 Å². The monoisotopic (exact) mass is 742 g/mol. The van der Waals surface area contributed by atoms with E-state index in [4.69, 9.17) is 0 Å². The number of aromatic amines is 2. The van der Waals surface area contributed by atoms with E-state index in [-0.39, 0.29) is 41.8 Å². The zero-order valence-electron chi connectivity index (χ0n) is 29.4. The summed E-state index contributed by atoms with van der Waals surface area (Å²) in [6.45, 7) is 8.23. The summed E-state index contributed by atoms with van der Waals surface area (Å²) in [5.41, 5.74) is 2.03. The Morgan fingerprint density at radius 1 is 0.556 bits per heavy atom. The molecule has 14 heteroatoms. The molecule has 0 bridgehead atoms. The largest absolute Gasteiger partial charge is 0.323 e. The first-order chi connectivity index (χ1) is 25.7. The highest BCUT2D eigenvalue weighted by atomic mass is 19.2. The molecule has 4 aromatic carbocycles. The number of nitrogens with zero attached hydrogens (tertiary/aromatic N) is 4. The molecule has 8 aromatic rings. The SMILES string of the molecule is CC(C)c1nc2cc(F)ccc2n1Cc1cc(=O)[nH]c2c(F)c(F)ccc12.CC(C)c1nc2ccc(F)cc2n1Cc1cc(=O)[nH]c2c(F)c(F)ccc12. The molecule has 0 atom stereocenters. The molecule has 0 saturated heterocycles. The lowest BCUT2D eigenvalue weighted by atomic mass is 10.1. The molecule has 0 saturated carbocycles. The number of benzene rings is 4. The van der Waals surface area contributed by atoms with Crippen LogP contribution in [0.25, 0.3) is 43.9 Å². The number of imidazole rings is 2. The fraction of sp³-hybridized carbons (Fsp3) is 0.200. The molecule has 54 heavy (non-hydrogen) atoms. The van der Waals surface area contributed by atoms with Crippen LogP contribution in [0.15, 0.2) is 82.4 Å². The van der Waals surface area contributed by atoms with Gasteiger partial charge in [-0.3, -0.25) is 9.59 Å². The van der Waals surface area contributed by atoms with E-state index in [0.29, 0.717) is 55.6 Å². The van der Waals surface area contributed by atoms with Crippen molar-refractivity contribution >= 4 is 43.9 Å². The van der Waals surface area contributed by atoms with Gasteiger partial charge in [0.05, 0.1) is 46.2 Å². The Balaban J connectivity index is 0.000000167. The first kappa shape index (κ1) is 36.2. The average molecular weight is 743 g/mol. The molecule has 2 N–H and O–H groups in total. The number of rotatable bonds is 6. The number of H-pyrrole nitrogens is 2. The van der Waals surface area contributed by atoms with Gasteiger partial charge in [0.2, 0.25) is 11.1 Å². The Labute approximate surface area is 302 Å². The summed E-state index contributed by atoms with van der Waals surface area (Å²) >= 11 is 0. The predicted octanol–water partition coefficient (Wildman–Crippen LogP) is 8.93. The zero-order valence-corrected chi connectivity index (χ0v) is 29.4. The van der Waals surface area contributed by atoms with Crippen LogP contribution >= 0.6 is 0 Å². The van der Waals surface area contributed by atoms with Crippen LogP contribution in [-0.2, 0) is 13.1 Å². The molecule has 8 nitrogen and oxygen atoms in total. The summed E-state index contributed by atoms with van der Waals surface area (Å²) in [6, 6.07) is 16.2. The standard InChI is InChI=1S/2C20H16F3N3O/c1-10(2)20-24-15-8-12(21)3-6-16(15)26(20)9-11-7-17(27)25-19-13(11)4-5-14(22)18(19)23;1-10(2)20-24-15-6-3-12(21)8-16(15)26(20)9-11-7-17(27)25-19-13(11)4-5-14(22)18(19)23/h2*3-8,10H,9H2,1-2H3,(H,25,27). The number of pyridine rings is 2. The number of fused-ring (bicyclic) bond motifs is 4. The van der Waals surface area contributed by atoms with Crippen LogP contribution in [-0.4, -0.2) is 29.1 Å². The van der Waals surface area contributed by atoms with E-state index in [9.17, 15) is 35.9 Å². The Morgan fingerprint density at radius 2 is 1.02 bits per heavy atom. The number of nitrogens with one attached hydrogen (secondary N) is 2. The van der Waals surface area contributed by atoms with Crippen molar-refractivity contribution in [3.8, 4) is 0 Å². The summed E-state index contributed by atoms with van der Waals surface area (Å²) in [4.78, 5) is 37.8. The lowest BCUT2D eigenvalue weighted by molar-refractivity contribution is 0.515. The first-order valence-corrected chi connectivity index (χ1v) is 17.0. The smallest absolute Gasteiger partial charge is 0.248 e. The minimum Gasteiger partial charge on any atom is -0.323 e. The highest BCUT2D eigenvalue weighted by molar-refractivity contribution is 5.84. The lowest BCUT2D eigenvalue weighted by Gasteiger charge is -2.13. The molecule has 0 radical (unpaired) electrons. The highest BCUT2D eigenvalue weighted by Crippen LogP contribution is 2.29. The van der Waals surface area contributed by atoms with Crippen molar-refractivity contribution < 1.29 is 26.3 Å². The van der Waals surface area contributed by atoms with Crippen LogP contribution in [0.5, 0.6) is 0 Å². The third-order valence-electron chi connectivity index (χ3n) is 9.16. The topological polar surface area (TPSA) is 101 Å². The molecule has 8 rings (SSSR count). The van der Waals surface area contributed by atoms with Crippen molar-refractivity contribution in [2.45, 2.75) is 52.6 Å². The Morgan fingerprint density at radius 3 is 1.54 bits per heavy atom. The van der Waals surface area contributed by atoms with Gasteiger partial charge in [-0.25, -0.2) is 36.3 Å². The fourth-order valence-electron chi connectivity index (χ4n) is 6.72. The number of halogens is 6. The van der Waals surface area contributed by atoms with Crippen molar-refractivity contribution in [3.05, 3.63) is 151 Å². The van der Waals surface area contributed by atoms with Gasteiger partial charge in [0.1, 0.15) is 23.3 Å². The molecule has 4 aromatic heterocycles. The van der Waals surface area contributed by atoms with E-state index in [1.807, 2.05) is 32.3 Å². The summed E-state index contributed by atoms with van der Waals surface area (Å²) in [5.74, 6) is -3.52. The van der Waals surface area contributed by atoms with Crippen LogP contribution in [0.4, 0.5) is 26.3 Å².